The van der Waals surface area contributed by atoms with E-state index in [2.05, 4.69) is 103 Å². The maximum atomic E-state index is 12.7. The van der Waals surface area contributed by atoms with Crippen LogP contribution in [0.3, 0.4) is 0 Å². The first-order chi connectivity index (χ1) is 56.1. The predicted octanol–water partition coefficient (Wildman–Crippen LogP) is 9.11. The van der Waals surface area contributed by atoms with Gasteiger partial charge in [0, 0.05) is 132 Å². The van der Waals surface area contributed by atoms with Crippen LogP contribution in [0.1, 0.15) is 198 Å². The Labute approximate surface area is 688 Å². The van der Waals surface area contributed by atoms with Crippen LogP contribution in [-0.4, -0.2) is 183 Å². The number of aromatic nitrogens is 4. The molecule has 628 valence electrons. The molecule has 1 unspecified atom stereocenters. The highest BCUT2D eigenvalue weighted by atomic mass is 32.2. The summed E-state index contributed by atoms with van der Waals surface area (Å²) in [5.74, 6) is 1.63. The van der Waals surface area contributed by atoms with Gasteiger partial charge in [0.15, 0.2) is 0 Å². The van der Waals surface area contributed by atoms with Crippen LogP contribution in [0.5, 0.6) is 0 Å². The Morgan fingerprint density at radius 2 is 0.709 bits per heavy atom. The lowest BCUT2D eigenvalue weighted by Gasteiger charge is -2.55. The number of hydrogen-bond donors (Lipinski definition) is 8. The molecular weight excluding hydrogens is 1570 g/mol. The van der Waals surface area contributed by atoms with E-state index in [-0.39, 0.29) is 5.41 Å². The number of carbonyl (C=O) groups is 4. The van der Waals surface area contributed by atoms with Gasteiger partial charge >= 0.3 is 24.1 Å². The number of nitrogens with one attached hydrogen (secondary N) is 8. The van der Waals surface area contributed by atoms with Gasteiger partial charge in [-0.15, -0.1) is 0 Å². The monoisotopic (exact) mass is 1680 g/mol. The molecule has 8 amide bonds. The summed E-state index contributed by atoms with van der Waals surface area (Å²) in [6.07, 6.45) is 39.3. The number of fused-ring (bicyclic) bond motifs is 8. The zero-order valence-corrected chi connectivity index (χ0v) is 70.8. The smallest absolute Gasteiger partial charge is 0.332 e. The van der Waals surface area contributed by atoms with E-state index in [9.17, 15) is 52.8 Å². The standard InChI is InChI=1S/C22H31N3O3S.C21H27N5O3S.C21H25N5O3S.C21H29N3O3S/c1-22(2)10-9-19(22)25-12-16(13-25)29(27,28)24-21(26)23-20-17-7-3-5-14(17)11-15-6-4-8-18(15)20;1-25-9-8-22-19(25)13-26-11-16(12-26)30(28,29)24-21(27)23-20-17-6-2-4-14(17)10-15-5-3-7-18(15)20;27-21(24-20-18-5-1-3-15(18)7-16-4-2-6-19(16)20)25-30(28,29)17-11-26(12-17)10-14-8-22-13-23-9-14;25-21(23-28(26,27)17-12-24(13-17)11-14-4-1-5-14)22-20-18-8-2-6-15(18)10-16-7-3-9-19(16)20/h11,16,19H,3-10,12-13H2,1-2H3,(H2,23,24,26);8-10,16H,2-7,11-13H2,1H3,(H2,23,24,27);7-9,13,17H,1-6,10-12H2,(H2,24,25,27);10,14,17H,1-9,11-13H2,(H2,22,23,25). The number of anilines is 4. The van der Waals surface area contributed by atoms with E-state index in [0.717, 1.165) is 207 Å². The molecule has 4 aromatic carbocycles. The third kappa shape index (κ3) is 17.4. The Kier molecular flexibility index (Phi) is 23.0. The van der Waals surface area contributed by atoms with Crippen LogP contribution in [0.25, 0.3) is 0 Å². The molecule has 20 rings (SSSR count). The molecule has 0 radical (unpaired) electrons. The predicted molar refractivity (Wildman–Crippen MR) is 449 cm³/mol. The van der Waals surface area contributed by atoms with Crippen molar-refractivity contribution in [3.63, 3.8) is 0 Å². The minimum absolute atomic E-state index is 0.271. The first kappa shape index (κ1) is 81.3. The number of sulfonamides is 4. The van der Waals surface area contributed by atoms with Crippen LogP contribution >= 0.6 is 0 Å². The quantitative estimate of drug-likeness (QED) is 0.0374. The third-order valence-electron chi connectivity index (χ3n) is 27.6. The Balaban J connectivity index is 0.000000112. The molecule has 28 nitrogen and oxygen atoms in total. The number of amides is 8. The first-order valence-corrected chi connectivity index (χ1v) is 48.9. The zero-order valence-electron chi connectivity index (χ0n) is 67.6. The molecule has 4 saturated heterocycles. The SMILES string of the molecule is CC1(C)CCC1N1CC(S(=O)(=O)NC(=O)Nc2c3c(cc4c2CCC4)CCC3)C1.Cn1ccnc1CN1CC(S(=O)(=O)NC(=O)Nc2c3c(cc4c2CCC4)CCC3)C1.O=C(Nc1c2c(cc3c1CCC3)CCC2)NS(=O)(=O)C1CN(CC2CCC2)C1.O=C(Nc1c2c(cc3c1CCC3)CCC2)NS(=O)(=O)C1CN(Cc2cncnc2)C1. The van der Waals surface area contributed by atoms with Crippen molar-refractivity contribution in [3.8, 4) is 0 Å². The molecule has 14 aliphatic rings. The van der Waals surface area contributed by atoms with Gasteiger partial charge < -0.3 is 30.7 Å². The summed E-state index contributed by atoms with van der Waals surface area (Å²) in [5.41, 5.74) is 24.8. The molecule has 0 bridgehead atoms. The number of rotatable bonds is 19. The van der Waals surface area contributed by atoms with Crippen LogP contribution in [0.15, 0.2) is 55.4 Å². The number of nitrogens with zero attached hydrogens (tertiary/aromatic N) is 8. The summed E-state index contributed by atoms with van der Waals surface area (Å²) in [4.78, 5) is 71.1. The summed E-state index contributed by atoms with van der Waals surface area (Å²) < 4.78 is 112. The van der Waals surface area contributed by atoms with E-state index in [4.69, 9.17) is 0 Å². The Bertz CT molecular complexity index is 5230. The Hall–Kier alpha value is -8.11. The number of aryl methyl sites for hydroxylation is 9. The van der Waals surface area contributed by atoms with Gasteiger partial charge in [0.1, 0.15) is 33.2 Å². The van der Waals surface area contributed by atoms with E-state index >= 15 is 0 Å². The van der Waals surface area contributed by atoms with E-state index in [1.807, 2.05) is 27.6 Å². The lowest BCUT2D eigenvalue weighted by Crippen LogP contribution is -2.66. The van der Waals surface area contributed by atoms with E-state index < -0.39 is 85.2 Å². The molecule has 2 aromatic heterocycles. The van der Waals surface area contributed by atoms with Crippen LogP contribution in [0.2, 0.25) is 0 Å². The highest BCUT2D eigenvalue weighted by molar-refractivity contribution is 7.91. The first-order valence-electron chi connectivity index (χ1n) is 42.7. The maximum absolute atomic E-state index is 12.7. The number of urea groups is 4. The van der Waals surface area contributed by atoms with Gasteiger partial charge in [0.2, 0.25) is 40.1 Å². The normalized spacial score (nSPS) is 21.2. The second kappa shape index (κ2) is 33.1. The number of benzene rings is 4. The van der Waals surface area contributed by atoms with Gasteiger partial charge in [-0.2, -0.15) is 0 Å². The molecule has 32 heteroatoms. The van der Waals surface area contributed by atoms with E-state index in [1.165, 1.54) is 121 Å². The molecule has 6 heterocycles. The lowest BCUT2D eigenvalue weighted by atomic mass is 9.66. The molecule has 6 aromatic rings. The van der Waals surface area contributed by atoms with Gasteiger partial charge in [-0.3, -0.25) is 14.7 Å². The number of carbonyl (C=O) groups excluding carboxylic acids is 4. The molecule has 8 N–H and O–H groups in total. The second-order valence-electron chi connectivity index (χ2n) is 35.9. The van der Waals surface area contributed by atoms with Crippen molar-refractivity contribution in [1.29, 1.82) is 0 Å². The summed E-state index contributed by atoms with van der Waals surface area (Å²) >= 11 is 0. The van der Waals surface area contributed by atoms with Crippen molar-refractivity contribution in [2.45, 2.75) is 240 Å². The molecule has 0 spiro atoms. The molecule has 2 saturated carbocycles. The van der Waals surface area contributed by atoms with Crippen molar-refractivity contribution in [2.75, 3.05) is 80.2 Å². The van der Waals surface area contributed by atoms with E-state index in [1.54, 1.807) is 18.6 Å². The molecular formula is C85H112N16O12S4. The molecule has 4 aliphatic heterocycles. The van der Waals surface area contributed by atoms with Gasteiger partial charge in [0.05, 0.1) is 6.54 Å². The van der Waals surface area contributed by atoms with Crippen molar-refractivity contribution < 1.29 is 52.8 Å². The largest absolute Gasteiger partial charge is 0.337 e. The maximum Gasteiger partial charge on any atom is 0.332 e. The number of imidazole rings is 1. The van der Waals surface area contributed by atoms with Crippen molar-refractivity contribution in [2.24, 2.45) is 18.4 Å². The van der Waals surface area contributed by atoms with Crippen molar-refractivity contribution >= 4 is 87.0 Å². The minimum atomic E-state index is -3.73. The Morgan fingerprint density at radius 3 is 0.983 bits per heavy atom. The van der Waals surface area contributed by atoms with Crippen LogP contribution in [0, 0.1) is 11.3 Å². The topological polar surface area (TPSA) is 358 Å². The average molecular weight is 1680 g/mol. The van der Waals surface area contributed by atoms with Crippen molar-refractivity contribution in [1.82, 2.24) is 58.0 Å². The molecule has 117 heavy (non-hydrogen) atoms. The molecule has 10 aliphatic carbocycles. The fourth-order valence-electron chi connectivity index (χ4n) is 20.7. The third-order valence-corrected chi connectivity index (χ3v) is 34.2. The van der Waals surface area contributed by atoms with E-state index in [0.29, 0.717) is 71.5 Å². The highest BCUT2D eigenvalue weighted by Crippen LogP contribution is 2.47. The van der Waals surface area contributed by atoms with Gasteiger partial charge in [0.25, 0.3) is 0 Å². The zero-order chi connectivity index (χ0) is 81.3. The van der Waals surface area contributed by atoms with Gasteiger partial charge in [-0.1, -0.05) is 44.5 Å². The summed E-state index contributed by atoms with van der Waals surface area (Å²) in [6.45, 7) is 10.4. The second-order valence-corrected chi connectivity index (χ2v) is 43.8. The fraction of sp³-hybridized carbons (Fsp3) is 0.588. The van der Waals surface area contributed by atoms with Crippen LogP contribution in [-0.2, 0) is 163 Å². The number of hydrogen-bond acceptors (Lipinski definition) is 19. The molecule has 1 atom stereocenters. The number of likely N-dealkylation sites (tertiary alicyclic amines) is 4. The van der Waals surface area contributed by atoms with Gasteiger partial charge in [-0.05, 0) is 280 Å². The lowest BCUT2D eigenvalue weighted by molar-refractivity contribution is -0.0315. The fourth-order valence-corrected chi connectivity index (χ4v) is 25.9. The highest BCUT2D eigenvalue weighted by Gasteiger charge is 2.50. The average Bonchev–Trinajstić information content (AvgIpc) is 0.866. The molecule has 6 fully saturated rings. The minimum Gasteiger partial charge on any atom is -0.337 e. The van der Waals surface area contributed by atoms with Gasteiger partial charge in [-0.25, -0.2) is 86.7 Å². The van der Waals surface area contributed by atoms with Crippen molar-refractivity contribution in [3.05, 3.63) is 156 Å². The van der Waals surface area contributed by atoms with Crippen LogP contribution < -0.4 is 40.2 Å². The summed E-state index contributed by atoms with van der Waals surface area (Å²) in [5, 5.41) is 9.47. The summed E-state index contributed by atoms with van der Waals surface area (Å²) in [7, 11) is -12.8. The van der Waals surface area contributed by atoms with Crippen LogP contribution in [0.4, 0.5) is 41.9 Å². The summed E-state index contributed by atoms with van der Waals surface area (Å²) in [6, 6.07) is 7.13. The Morgan fingerprint density at radius 1 is 0.402 bits per heavy atom.